The standard InChI is InChI=1S/C17H26N2O2/c1-21-13-15-9-7-6-8-14(15)12-18-17(20)19-16-10-4-2-3-5-11-16/h6-9,16H,2-5,10-13H2,1H3,(H2,18,19,20). The Morgan fingerprint density at radius 3 is 2.48 bits per heavy atom. The van der Waals surface area contributed by atoms with Crippen molar-refractivity contribution >= 4 is 6.03 Å². The van der Waals surface area contributed by atoms with Crippen LogP contribution in [0.15, 0.2) is 24.3 Å². The Morgan fingerprint density at radius 1 is 1.14 bits per heavy atom. The molecule has 4 heteroatoms. The molecule has 116 valence electrons. The fourth-order valence-electron chi connectivity index (χ4n) is 2.86. The Kier molecular flexibility index (Phi) is 6.54. The van der Waals surface area contributed by atoms with E-state index in [2.05, 4.69) is 10.6 Å². The molecule has 0 aromatic heterocycles. The zero-order chi connectivity index (χ0) is 14.9. The molecule has 0 saturated heterocycles. The van der Waals surface area contributed by atoms with Gasteiger partial charge >= 0.3 is 6.03 Å². The number of carbonyl (C=O) groups excluding carboxylic acids is 1. The van der Waals surface area contributed by atoms with E-state index in [4.69, 9.17) is 4.74 Å². The van der Waals surface area contributed by atoms with Crippen molar-refractivity contribution < 1.29 is 9.53 Å². The summed E-state index contributed by atoms with van der Waals surface area (Å²) in [6, 6.07) is 8.31. The van der Waals surface area contributed by atoms with E-state index in [1.54, 1.807) is 7.11 Å². The monoisotopic (exact) mass is 290 g/mol. The summed E-state index contributed by atoms with van der Waals surface area (Å²) in [6.07, 6.45) is 7.25. The first-order chi connectivity index (χ1) is 10.3. The topological polar surface area (TPSA) is 50.4 Å². The quantitative estimate of drug-likeness (QED) is 0.817. The van der Waals surface area contributed by atoms with Gasteiger partial charge in [0, 0.05) is 19.7 Å². The lowest BCUT2D eigenvalue weighted by Gasteiger charge is -2.17. The minimum atomic E-state index is -0.0610. The van der Waals surface area contributed by atoms with Crippen molar-refractivity contribution in [1.29, 1.82) is 0 Å². The van der Waals surface area contributed by atoms with E-state index in [1.807, 2.05) is 24.3 Å². The summed E-state index contributed by atoms with van der Waals surface area (Å²) in [4.78, 5) is 12.0. The molecule has 1 aromatic carbocycles. The number of rotatable bonds is 5. The first-order valence-corrected chi connectivity index (χ1v) is 7.89. The molecule has 1 fully saturated rings. The number of amides is 2. The van der Waals surface area contributed by atoms with Crippen LogP contribution in [0.4, 0.5) is 4.79 Å². The van der Waals surface area contributed by atoms with Crippen LogP contribution in [0.2, 0.25) is 0 Å². The Labute approximate surface area is 127 Å². The number of methoxy groups -OCH3 is 1. The summed E-state index contributed by atoms with van der Waals surface area (Å²) in [6.45, 7) is 1.11. The zero-order valence-corrected chi connectivity index (χ0v) is 12.9. The van der Waals surface area contributed by atoms with Gasteiger partial charge in [-0.3, -0.25) is 0 Å². The van der Waals surface area contributed by atoms with Gasteiger partial charge in [0.25, 0.3) is 0 Å². The van der Waals surface area contributed by atoms with Gasteiger partial charge in [0.1, 0.15) is 0 Å². The Balaban J connectivity index is 1.80. The van der Waals surface area contributed by atoms with E-state index >= 15 is 0 Å². The lowest BCUT2D eigenvalue weighted by molar-refractivity contribution is 0.184. The molecule has 0 atom stereocenters. The van der Waals surface area contributed by atoms with E-state index in [9.17, 15) is 4.79 Å². The van der Waals surface area contributed by atoms with Gasteiger partial charge in [0.2, 0.25) is 0 Å². The molecule has 1 aliphatic carbocycles. The maximum atomic E-state index is 12.0. The average Bonchev–Trinajstić information content (AvgIpc) is 2.75. The van der Waals surface area contributed by atoms with E-state index in [0.717, 1.165) is 24.0 Å². The molecule has 1 aromatic rings. The van der Waals surface area contributed by atoms with Crippen LogP contribution in [0.3, 0.4) is 0 Å². The largest absolute Gasteiger partial charge is 0.380 e. The summed E-state index contributed by atoms with van der Waals surface area (Å²) in [5.74, 6) is 0. The highest BCUT2D eigenvalue weighted by Crippen LogP contribution is 2.17. The molecule has 1 saturated carbocycles. The number of hydrogen-bond donors (Lipinski definition) is 2. The van der Waals surface area contributed by atoms with Crippen molar-refractivity contribution in [2.75, 3.05) is 7.11 Å². The smallest absolute Gasteiger partial charge is 0.315 e. The highest BCUT2D eigenvalue weighted by molar-refractivity contribution is 5.74. The van der Waals surface area contributed by atoms with Crippen LogP contribution in [0, 0.1) is 0 Å². The van der Waals surface area contributed by atoms with Gasteiger partial charge in [0.15, 0.2) is 0 Å². The maximum absolute atomic E-state index is 12.0. The number of carbonyl (C=O) groups is 1. The molecule has 2 rings (SSSR count). The molecule has 0 bridgehead atoms. The molecule has 1 aliphatic rings. The number of benzene rings is 1. The second kappa shape index (κ2) is 8.67. The van der Waals surface area contributed by atoms with Gasteiger partial charge in [-0.2, -0.15) is 0 Å². The molecular weight excluding hydrogens is 264 g/mol. The first kappa shape index (κ1) is 15.8. The third kappa shape index (κ3) is 5.38. The van der Waals surface area contributed by atoms with Gasteiger partial charge < -0.3 is 15.4 Å². The predicted octanol–water partition coefficient (Wildman–Crippen LogP) is 3.36. The van der Waals surface area contributed by atoms with Crippen molar-refractivity contribution in [2.45, 2.75) is 57.7 Å². The summed E-state index contributed by atoms with van der Waals surface area (Å²) in [5, 5.41) is 6.06. The predicted molar refractivity (Wildman–Crippen MR) is 84.0 cm³/mol. The van der Waals surface area contributed by atoms with Gasteiger partial charge in [-0.1, -0.05) is 49.9 Å². The minimum Gasteiger partial charge on any atom is -0.380 e. The molecule has 0 unspecified atom stereocenters. The Bertz CT molecular complexity index is 440. The van der Waals surface area contributed by atoms with Crippen LogP contribution in [0.25, 0.3) is 0 Å². The van der Waals surface area contributed by atoms with Crippen LogP contribution in [0.1, 0.15) is 49.7 Å². The number of ether oxygens (including phenoxy) is 1. The van der Waals surface area contributed by atoms with Crippen LogP contribution in [-0.4, -0.2) is 19.2 Å². The third-order valence-electron chi connectivity index (χ3n) is 4.05. The molecule has 0 aliphatic heterocycles. The summed E-state index contributed by atoms with van der Waals surface area (Å²) < 4.78 is 5.18. The lowest BCUT2D eigenvalue weighted by atomic mass is 10.1. The molecule has 0 spiro atoms. The van der Waals surface area contributed by atoms with Gasteiger partial charge in [-0.15, -0.1) is 0 Å². The van der Waals surface area contributed by atoms with Crippen molar-refractivity contribution in [3.63, 3.8) is 0 Å². The van der Waals surface area contributed by atoms with Gasteiger partial charge in [0.05, 0.1) is 6.61 Å². The SMILES string of the molecule is COCc1ccccc1CNC(=O)NC1CCCCCC1. The highest BCUT2D eigenvalue weighted by atomic mass is 16.5. The molecule has 0 heterocycles. The third-order valence-corrected chi connectivity index (χ3v) is 4.05. The van der Waals surface area contributed by atoms with Crippen LogP contribution >= 0.6 is 0 Å². The first-order valence-electron chi connectivity index (χ1n) is 7.89. The van der Waals surface area contributed by atoms with E-state index in [1.165, 1.54) is 25.7 Å². The molecule has 2 N–H and O–H groups in total. The average molecular weight is 290 g/mol. The fourth-order valence-corrected chi connectivity index (χ4v) is 2.86. The summed E-state index contributed by atoms with van der Waals surface area (Å²) in [5.41, 5.74) is 2.23. The molecule has 21 heavy (non-hydrogen) atoms. The van der Waals surface area contributed by atoms with Crippen LogP contribution < -0.4 is 10.6 Å². The van der Waals surface area contributed by atoms with Crippen molar-refractivity contribution in [3.05, 3.63) is 35.4 Å². The van der Waals surface area contributed by atoms with Gasteiger partial charge in [-0.05, 0) is 24.0 Å². The summed E-state index contributed by atoms with van der Waals surface area (Å²) in [7, 11) is 1.68. The van der Waals surface area contributed by atoms with Crippen molar-refractivity contribution in [3.8, 4) is 0 Å². The summed E-state index contributed by atoms with van der Waals surface area (Å²) >= 11 is 0. The molecule has 4 nitrogen and oxygen atoms in total. The van der Waals surface area contributed by atoms with E-state index in [-0.39, 0.29) is 6.03 Å². The van der Waals surface area contributed by atoms with E-state index < -0.39 is 0 Å². The molecular formula is C17H26N2O2. The van der Waals surface area contributed by atoms with Crippen LogP contribution in [-0.2, 0) is 17.9 Å². The second-order valence-electron chi connectivity index (χ2n) is 5.72. The minimum absolute atomic E-state index is 0.0610. The Morgan fingerprint density at radius 2 is 1.81 bits per heavy atom. The number of urea groups is 1. The highest BCUT2D eigenvalue weighted by Gasteiger charge is 2.14. The fraction of sp³-hybridized carbons (Fsp3) is 0.588. The second-order valence-corrected chi connectivity index (χ2v) is 5.72. The zero-order valence-electron chi connectivity index (χ0n) is 12.9. The molecule has 2 amide bonds. The lowest BCUT2D eigenvalue weighted by Crippen LogP contribution is -2.41. The van der Waals surface area contributed by atoms with Crippen molar-refractivity contribution in [1.82, 2.24) is 10.6 Å². The number of nitrogens with one attached hydrogen (secondary N) is 2. The van der Waals surface area contributed by atoms with E-state index in [0.29, 0.717) is 19.2 Å². The maximum Gasteiger partial charge on any atom is 0.315 e. The molecule has 0 radical (unpaired) electrons. The van der Waals surface area contributed by atoms with Gasteiger partial charge in [-0.25, -0.2) is 4.79 Å². The normalized spacial score (nSPS) is 16.2. The van der Waals surface area contributed by atoms with Crippen molar-refractivity contribution in [2.24, 2.45) is 0 Å². The van der Waals surface area contributed by atoms with Crippen LogP contribution in [0.5, 0.6) is 0 Å². The number of hydrogen-bond acceptors (Lipinski definition) is 2. The Hall–Kier alpha value is -1.55.